The molecule has 0 saturated heterocycles. The van der Waals surface area contributed by atoms with E-state index in [2.05, 4.69) is 77.9 Å². The smallest absolute Gasteiger partial charge is 0.258 e. The molecule has 164 valence electrons. The lowest BCUT2D eigenvalue weighted by Gasteiger charge is -2.20. The van der Waals surface area contributed by atoms with Gasteiger partial charge in [0.2, 0.25) is 0 Å². The highest BCUT2D eigenvalue weighted by atomic mass is 32.1. The Morgan fingerprint density at radius 2 is 1.65 bits per heavy atom. The van der Waals surface area contributed by atoms with Crippen molar-refractivity contribution in [2.45, 2.75) is 59.3 Å². The largest absolute Gasteiger partial charge is 0.493 e. The molecule has 31 heavy (non-hydrogen) atoms. The second kappa shape index (κ2) is 9.27. The second-order valence-electron chi connectivity index (χ2n) is 9.24. The molecule has 0 aliphatic heterocycles. The van der Waals surface area contributed by atoms with Gasteiger partial charge in [-0.1, -0.05) is 52.0 Å². The van der Waals surface area contributed by atoms with E-state index in [1.807, 2.05) is 6.07 Å². The van der Waals surface area contributed by atoms with E-state index in [-0.39, 0.29) is 17.2 Å². The molecule has 1 atom stereocenters. The van der Waals surface area contributed by atoms with Crippen molar-refractivity contribution in [1.82, 2.24) is 0 Å². The molecule has 1 heterocycles. The lowest BCUT2D eigenvalue weighted by atomic mass is 9.85. The summed E-state index contributed by atoms with van der Waals surface area (Å²) >= 11 is 1.46. The van der Waals surface area contributed by atoms with Crippen LogP contribution in [0.15, 0.2) is 48.5 Å². The standard InChI is InChI=1S/C27H33NO2S/c1-7-19(23-12-13-24(31-23)26(28)29)16-30-22-14-17(2)25(18(3)15-22)20-8-10-21(11-9-20)27(4,5)6/h8-15,19H,7,16H2,1-6H3,(H2,28,29). The van der Waals surface area contributed by atoms with Gasteiger partial charge in [0.05, 0.1) is 11.5 Å². The first-order chi connectivity index (χ1) is 14.6. The normalized spacial score (nSPS) is 12.6. The van der Waals surface area contributed by atoms with Gasteiger partial charge in [-0.3, -0.25) is 4.79 Å². The molecule has 3 nitrogen and oxygen atoms in total. The highest BCUT2D eigenvalue weighted by Crippen LogP contribution is 2.34. The molecule has 3 rings (SSSR count). The van der Waals surface area contributed by atoms with Crippen LogP contribution in [0, 0.1) is 13.8 Å². The topological polar surface area (TPSA) is 52.3 Å². The Balaban J connectivity index is 1.77. The zero-order chi connectivity index (χ0) is 22.8. The molecular weight excluding hydrogens is 402 g/mol. The molecule has 2 N–H and O–H groups in total. The first-order valence-electron chi connectivity index (χ1n) is 10.8. The van der Waals surface area contributed by atoms with Crippen LogP contribution in [-0.4, -0.2) is 12.5 Å². The predicted octanol–water partition coefficient (Wildman–Crippen LogP) is 7.00. The Bertz CT molecular complexity index is 1030. The number of benzene rings is 2. The van der Waals surface area contributed by atoms with E-state index in [1.54, 1.807) is 6.07 Å². The van der Waals surface area contributed by atoms with Gasteiger partial charge in [-0.25, -0.2) is 0 Å². The predicted molar refractivity (Wildman–Crippen MR) is 131 cm³/mol. The summed E-state index contributed by atoms with van der Waals surface area (Å²) in [5.74, 6) is 0.753. The minimum absolute atomic E-state index is 0.150. The molecule has 0 aliphatic carbocycles. The first-order valence-corrected chi connectivity index (χ1v) is 11.7. The number of hydrogen-bond acceptors (Lipinski definition) is 3. The summed E-state index contributed by atoms with van der Waals surface area (Å²) in [7, 11) is 0. The molecule has 1 unspecified atom stereocenters. The molecule has 0 aliphatic rings. The summed E-state index contributed by atoms with van der Waals surface area (Å²) in [5, 5.41) is 0. The van der Waals surface area contributed by atoms with Crippen LogP contribution < -0.4 is 10.5 Å². The number of ether oxygens (including phenoxy) is 1. The second-order valence-corrected chi connectivity index (χ2v) is 10.4. The Morgan fingerprint density at radius 1 is 1.03 bits per heavy atom. The Hall–Kier alpha value is -2.59. The fourth-order valence-corrected chi connectivity index (χ4v) is 4.93. The average molecular weight is 436 g/mol. The maximum Gasteiger partial charge on any atom is 0.258 e. The molecule has 1 amide bonds. The van der Waals surface area contributed by atoms with Crippen LogP contribution >= 0.6 is 11.3 Å². The number of carbonyl (C=O) groups is 1. The number of nitrogens with two attached hydrogens (primary N) is 1. The number of thiophene rings is 1. The summed E-state index contributed by atoms with van der Waals surface area (Å²) in [6.07, 6.45) is 0.939. The molecule has 2 aromatic carbocycles. The van der Waals surface area contributed by atoms with E-state index in [0.717, 1.165) is 17.0 Å². The van der Waals surface area contributed by atoms with E-state index in [9.17, 15) is 4.79 Å². The van der Waals surface area contributed by atoms with Gasteiger partial charge in [0, 0.05) is 10.8 Å². The van der Waals surface area contributed by atoms with Crippen LogP contribution in [0.25, 0.3) is 11.1 Å². The van der Waals surface area contributed by atoms with Crippen molar-refractivity contribution in [3.05, 3.63) is 75.0 Å². The zero-order valence-corrected chi connectivity index (χ0v) is 20.2. The number of hydrogen-bond donors (Lipinski definition) is 1. The number of carbonyl (C=O) groups excluding carboxylic acids is 1. The van der Waals surface area contributed by atoms with Gasteiger partial charge in [0.1, 0.15) is 5.75 Å². The molecular formula is C27H33NO2S. The van der Waals surface area contributed by atoms with Gasteiger partial charge in [-0.15, -0.1) is 11.3 Å². The Labute approximate surface area is 190 Å². The fraction of sp³-hybridized carbons (Fsp3) is 0.370. The minimum atomic E-state index is -0.371. The molecule has 0 spiro atoms. The van der Waals surface area contributed by atoms with E-state index in [1.165, 1.54) is 39.2 Å². The Morgan fingerprint density at radius 3 is 2.13 bits per heavy atom. The van der Waals surface area contributed by atoms with Crippen molar-refractivity contribution in [3.8, 4) is 16.9 Å². The summed E-state index contributed by atoms with van der Waals surface area (Å²) in [5.41, 5.74) is 11.8. The molecule has 1 aromatic heterocycles. The molecule has 0 bridgehead atoms. The third kappa shape index (κ3) is 5.37. The van der Waals surface area contributed by atoms with Gasteiger partial charge < -0.3 is 10.5 Å². The van der Waals surface area contributed by atoms with E-state index in [4.69, 9.17) is 10.5 Å². The number of amides is 1. The fourth-order valence-electron chi connectivity index (χ4n) is 3.90. The van der Waals surface area contributed by atoms with Gasteiger partial charge in [0.15, 0.2) is 0 Å². The van der Waals surface area contributed by atoms with Gasteiger partial charge >= 0.3 is 0 Å². The van der Waals surface area contributed by atoms with E-state index >= 15 is 0 Å². The molecule has 3 aromatic rings. The molecule has 4 heteroatoms. The maximum atomic E-state index is 11.4. The summed E-state index contributed by atoms with van der Waals surface area (Å²) in [6, 6.07) is 16.9. The van der Waals surface area contributed by atoms with Crippen LogP contribution in [0.5, 0.6) is 5.75 Å². The van der Waals surface area contributed by atoms with Gasteiger partial charge in [-0.05, 0) is 77.8 Å². The summed E-state index contributed by atoms with van der Waals surface area (Å²) in [4.78, 5) is 13.1. The van der Waals surface area contributed by atoms with Crippen molar-refractivity contribution in [2.24, 2.45) is 5.73 Å². The van der Waals surface area contributed by atoms with E-state index in [0.29, 0.717) is 11.5 Å². The number of rotatable bonds is 7. The van der Waals surface area contributed by atoms with Crippen LogP contribution in [-0.2, 0) is 5.41 Å². The maximum absolute atomic E-state index is 11.4. The van der Waals surface area contributed by atoms with Crippen LogP contribution in [0.3, 0.4) is 0 Å². The third-order valence-electron chi connectivity index (χ3n) is 5.76. The van der Waals surface area contributed by atoms with Crippen molar-refractivity contribution in [2.75, 3.05) is 6.61 Å². The van der Waals surface area contributed by atoms with Crippen molar-refractivity contribution in [1.29, 1.82) is 0 Å². The first kappa shape index (κ1) is 23.1. The SMILES string of the molecule is CCC(COc1cc(C)c(-c2ccc(C(C)(C)C)cc2)c(C)c1)c1ccc(C(N)=O)s1. The van der Waals surface area contributed by atoms with Crippen molar-refractivity contribution >= 4 is 17.2 Å². The molecule has 0 saturated carbocycles. The lowest BCUT2D eigenvalue weighted by Crippen LogP contribution is -2.10. The quantitative estimate of drug-likeness (QED) is 0.434. The van der Waals surface area contributed by atoms with Crippen molar-refractivity contribution < 1.29 is 9.53 Å². The summed E-state index contributed by atoms with van der Waals surface area (Å²) in [6.45, 7) is 13.7. The molecule has 0 fully saturated rings. The van der Waals surface area contributed by atoms with Crippen LogP contribution in [0.4, 0.5) is 0 Å². The number of primary amides is 1. The van der Waals surface area contributed by atoms with Gasteiger partial charge in [-0.2, -0.15) is 0 Å². The zero-order valence-electron chi connectivity index (χ0n) is 19.4. The summed E-state index contributed by atoms with van der Waals surface area (Å²) < 4.78 is 6.19. The van der Waals surface area contributed by atoms with Crippen LogP contribution in [0.2, 0.25) is 0 Å². The minimum Gasteiger partial charge on any atom is -0.493 e. The van der Waals surface area contributed by atoms with E-state index < -0.39 is 0 Å². The lowest BCUT2D eigenvalue weighted by molar-refractivity contribution is 0.100. The van der Waals surface area contributed by atoms with Crippen molar-refractivity contribution in [3.63, 3.8) is 0 Å². The highest BCUT2D eigenvalue weighted by molar-refractivity contribution is 7.14. The molecule has 0 radical (unpaired) electrons. The Kier molecular flexibility index (Phi) is 6.90. The number of aryl methyl sites for hydroxylation is 2. The van der Waals surface area contributed by atoms with Crippen LogP contribution in [0.1, 0.15) is 71.3 Å². The van der Waals surface area contributed by atoms with Gasteiger partial charge in [0.25, 0.3) is 5.91 Å². The average Bonchev–Trinajstić information content (AvgIpc) is 3.18. The highest BCUT2D eigenvalue weighted by Gasteiger charge is 2.17. The third-order valence-corrected chi connectivity index (χ3v) is 7.02. The monoisotopic (exact) mass is 435 g/mol.